The summed E-state index contributed by atoms with van der Waals surface area (Å²) in [5.74, 6) is -1.29. The minimum absolute atomic E-state index is 0.107. The van der Waals surface area contributed by atoms with E-state index in [4.69, 9.17) is 4.74 Å². The van der Waals surface area contributed by atoms with Gasteiger partial charge in [-0.2, -0.15) is 0 Å². The number of ether oxygens (including phenoxy) is 1. The lowest BCUT2D eigenvalue weighted by molar-refractivity contribution is -0.119. The predicted octanol–water partition coefficient (Wildman–Crippen LogP) is 3.51. The molecule has 0 atom stereocenters. The second-order valence-electron chi connectivity index (χ2n) is 6.57. The van der Waals surface area contributed by atoms with E-state index in [0.717, 1.165) is 5.39 Å². The van der Waals surface area contributed by atoms with Crippen molar-refractivity contribution in [2.45, 2.75) is 13.8 Å². The Balaban J connectivity index is 1.59. The molecule has 2 amide bonds. The Bertz CT molecular complexity index is 1080. The number of rotatable bonds is 7. The van der Waals surface area contributed by atoms with E-state index in [1.165, 1.54) is 0 Å². The van der Waals surface area contributed by atoms with E-state index in [1.807, 2.05) is 32.0 Å². The molecule has 0 aliphatic carbocycles. The quantitative estimate of drug-likeness (QED) is 0.608. The summed E-state index contributed by atoms with van der Waals surface area (Å²) in [4.78, 5) is 42.8. The van der Waals surface area contributed by atoms with E-state index in [1.54, 1.807) is 47.4 Å². The number of para-hydroxylation sites is 1. The number of esters is 1. The first-order valence-corrected chi connectivity index (χ1v) is 9.74. The van der Waals surface area contributed by atoms with Gasteiger partial charge in [-0.3, -0.25) is 9.59 Å². The average Bonchev–Trinajstić information content (AvgIpc) is 2.78. The number of hydrogen-bond donors (Lipinski definition) is 1. The summed E-state index contributed by atoms with van der Waals surface area (Å²) < 4.78 is 5.07. The molecule has 0 saturated heterocycles. The van der Waals surface area contributed by atoms with Gasteiger partial charge < -0.3 is 15.0 Å². The molecule has 1 N–H and O–H groups in total. The van der Waals surface area contributed by atoms with Crippen LogP contribution in [0, 0.1) is 0 Å². The smallest absolute Gasteiger partial charge is 0.357 e. The molecule has 0 fully saturated rings. The Labute approximate surface area is 174 Å². The highest BCUT2D eigenvalue weighted by Crippen LogP contribution is 2.14. The predicted molar refractivity (Wildman–Crippen MR) is 114 cm³/mol. The number of nitrogens with zero attached hydrogens (tertiary/aromatic N) is 2. The van der Waals surface area contributed by atoms with Crippen LogP contribution in [0.15, 0.2) is 60.7 Å². The molecule has 1 aromatic heterocycles. The maximum Gasteiger partial charge on any atom is 0.357 e. The maximum absolute atomic E-state index is 12.4. The monoisotopic (exact) mass is 405 g/mol. The van der Waals surface area contributed by atoms with Gasteiger partial charge >= 0.3 is 5.97 Å². The van der Waals surface area contributed by atoms with E-state index in [-0.39, 0.29) is 11.6 Å². The number of anilines is 1. The summed E-state index contributed by atoms with van der Waals surface area (Å²) in [6, 6.07) is 17.4. The molecule has 3 rings (SSSR count). The van der Waals surface area contributed by atoms with Crippen molar-refractivity contribution in [3.05, 3.63) is 71.9 Å². The van der Waals surface area contributed by atoms with Crippen LogP contribution in [0.3, 0.4) is 0 Å². The summed E-state index contributed by atoms with van der Waals surface area (Å²) in [7, 11) is 0. The molecule has 0 bridgehead atoms. The molecule has 1 heterocycles. The van der Waals surface area contributed by atoms with E-state index in [2.05, 4.69) is 10.3 Å². The van der Waals surface area contributed by atoms with Crippen LogP contribution >= 0.6 is 0 Å². The van der Waals surface area contributed by atoms with Crippen molar-refractivity contribution in [2.24, 2.45) is 0 Å². The van der Waals surface area contributed by atoms with Crippen LogP contribution in [0.1, 0.15) is 34.7 Å². The van der Waals surface area contributed by atoms with Crippen molar-refractivity contribution in [3.63, 3.8) is 0 Å². The first kappa shape index (κ1) is 21.0. The highest BCUT2D eigenvalue weighted by molar-refractivity contribution is 5.98. The molecule has 0 aliphatic rings. The topological polar surface area (TPSA) is 88.6 Å². The van der Waals surface area contributed by atoms with Gasteiger partial charge in [-0.25, -0.2) is 9.78 Å². The van der Waals surface area contributed by atoms with Crippen molar-refractivity contribution in [3.8, 4) is 0 Å². The lowest BCUT2D eigenvalue weighted by Gasteiger charge is -2.19. The van der Waals surface area contributed by atoms with Gasteiger partial charge in [0.1, 0.15) is 5.69 Å². The molecule has 3 aromatic rings. The summed E-state index contributed by atoms with van der Waals surface area (Å²) in [5.41, 5.74) is 1.74. The Morgan fingerprint density at radius 2 is 1.73 bits per heavy atom. The molecule has 154 valence electrons. The van der Waals surface area contributed by atoms with E-state index in [0.29, 0.717) is 29.9 Å². The fourth-order valence-electron chi connectivity index (χ4n) is 3.01. The number of benzene rings is 2. The standard InChI is InChI=1S/C23H23N3O4/c1-3-26(4-2)22(28)17-9-7-10-18(14-17)24-21(27)15-30-23(29)20-13-12-16-8-5-6-11-19(16)25-20/h5-14H,3-4,15H2,1-2H3,(H,24,27). The normalized spacial score (nSPS) is 10.5. The maximum atomic E-state index is 12.4. The Morgan fingerprint density at radius 3 is 2.50 bits per heavy atom. The molecule has 7 nitrogen and oxygen atoms in total. The lowest BCUT2D eigenvalue weighted by Crippen LogP contribution is -2.30. The van der Waals surface area contributed by atoms with Crippen LogP contribution in [-0.2, 0) is 9.53 Å². The summed E-state index contributed by atoms with van der Waals surface area (Å²) in [5, 5.41) is 3.55. The van der Waals surface area contributed by atoms with Crippen LogP contribution in [0.25, 0.3) is 10.9 Å². The minimum atomic E-state index is -0.679. The molecular formula is C23H23N3O4. The fraction of sp³-hybridized carbons (Fsp3) is 0.217. The molecule has 30 heavy (non-hydrogen) atoms. The molecule has 0 radical (unpaired) electrons. The molecule has 0 aliphatic heterocycles. The third-order valence-electron chi connectivity index (χ3n) is 4.59. The Hall–Kier alpha value is -3.74. The van der Waals surface area contributed by atoms with Crippen LogP contribution in [-0.4, -0.2) is 47.4 Å². The van der Waals surface area contributed by atoms with Gasteiger partial charge in [0.05, 0.1) is 5.52 Å². The highest BCUT2D eigenvalue weighted by Gasteiger charge is 2.15. The van der Waals surface area contributed by atoms with Gasteiger partial charge in [0, 0.05) is 29.7 Å². The number of amides is 2. The fourth-order valence-corrected chi connectivity index (χ4v) is 3.01. The lowest BCUT2D eigenvalue weighted by atomic mass is 10.1. The van der Waals surface area contributed by atoms with E-state index in [9.17, 15) is 14.4 Å². The average molecular weight is 405 g/mol. The van der Waals surface area contributed by atoms with Gasteiger partial charge in [-0.15, -0.1) is 0 Å². The second kappa shape index (κ2) is 9.65. The molecule has 7 heteroatoms. The van der Waals surface area contributed by atoms with Gasteiger partial charge in [0.15, 0.2) is 6.61 Å². The van der Waals surface area contributed by atoms with Crippen LogP contribution in [0.5, 0.6) is 0 Å². The number of aromatic nitrogens is 1. The number of pyridine rings is 1. The molecule has 0 unspecified atom stereocenters. The minimum Gasteiger partial charge on any atom is -0.451 e. The number of carbonyl (C=O) groups is 3. The first-order valence-electron chi connectivity index (χ1n) is 9.74. The second-order valence-corrected chi connectivity index (χ2v) is 6.57. The van der Waals surface area contributed by atoms with Crippen molar-refractivity contribution < 1.29 is 19.1 Å². The van der Waals surface area contributed by atoms with Crippen molar-refractivity contribution in [1.82, 2.24) is 9.88 Å². The summed E-state index contributed by atoms with van der Waals surface area (Å²) >= 11 is 0. The van der Waals surface area contributed by atoms with Crippen molar-refractivity contribution >= 4 is 34.4 Å². The van der Waals surface area contributed by atoms with Gasteiger partial charge in [-0.1, -0.05) is 30.3 Å². The Kier molecular flexibility index (Phi) is 6.75. The van der Waals surface area contributed by atoms with Gasteiger partial charge in [0.25, 0.3) is 11.8 Å². The number of nitrogens with one attached hydrogen (secondary N) is 1. The van der Waals surface area contributed by atoms with E-state index >= 15 is 0 Å². The van der Waals surface area contributed by atoms with Crippen LogP contribution in [0.4, 0.5) is 5.69 Å². The SMILES string of the molecule is CCN(CC)C(=O)c1cccc(NC(=O)COC(=O)c2ccc3ccccc3n2)c1. The molecule has 2 aromatic carbocycles. The van der Waals surface area contributed by atoms with Crippen LogP contribution < -0.4 is 5.32 Å². The third-order valence-corrected chi connectivity index (χ3v) is 4.59. The largest absolute Gasteiger partial charge is 0.451 e. The third kappa shape index (κ3) is 5.00. The Morgan fingerprint density at radius 1 is 0.967 bits per heavy atom. The number of fused-ring (bicyclic) bond motifs is 1. The van der Waals surface area contributed by atoms with Crippen molar-refractivity contribution in [1.29, 1.82) is 0 Å². The highest BCUT2D eigenvalue weighted by atomic mass is 16.5. The first-order chi connectivity index (χ1) is 14.5. The van der Waals surface area contributed by atoms with Gasteiger partial charge in [-0.05, 0) is 44.2 Å². The van der Waals surface area contributed by atoms with Gasteiger partial charge in [0.2, 0.25) is 0 Å². The van der Waals surface area contributed by atoms with Crippen LogP contribution in [0.2, 0.25) is 0 Å². The zero-order chi connectivity index (χ0) is 21.5. The molecule has 0 spiro atoms. The number of carbonyl (C=O) groups excluding carboxylic acids is 3. The summed E-state index contributed by atoms with van der Waals surface area (Å²) in [6.07, 6.45) is 0. The molecule has 0 saturated carbocycles. The zero-order valence-corrected chi connectivity index (χ0v) is 16.9. The zero-order valence-electron chi connectivity index (χ0n) is 16.9. The summed E-state index contributed by atoms with van der Waals surface area (Å²) in [6.45, 7) is 4.56. The molecular weight excluding hydrogens is 382 g/mol. The van der Waals surface area contributed by atoms with Crippen molar-refractivity contribution in [2.75, 3.05) is 25.0 Å². The number of hydrogen-bond acceptors (Lipinski definition) is 5. The van der Waals surface area contributed by atoms with E-state index < -0.39 is 18.5 Å².